The summed E-state index contributed by atoms with van der Waals surface area (Å²) < 4.78 is 4.82. The molecule has 0 aromatic carbocycles. The minimum absolute atomic E-state index is 0.218. The number of carbonyl (C=O) groups is 1. The van der Waals surface area contributed by atoms with E-state index in [-0.39, 0.29) is 5.97 Å². The predicted octanol–water partition coefficient (Wildman–Crippen LogP) is 1.96. The third kappa shape index (κ3) is 3.28. The summed E-state index contributed by atoms with van der Waals surface area (Å²) >= 11 is 1.55. The fourth-order valence-corrected chi connectivity index (χ4v) is 2.16. The van der Waals surface area contributed by atoms with Crippen LogP contribution in [0.5, 0.6) is 0 Å². The number of thiazole rings is 1. The second kappa shape index (κ2) is 5.96. The third-order valence-corrected chi connectivity index (χ3v) is 3.16. The first-order valence-corrected chi connectivity index (χ1v) is 6.27. The lowest BCUT2D eigenvalue weighted by Gasteiger charge is -2.27. The molecule has 5 heteroatoms. The number of nitrogens with one attached hydrogen (secondary N) is 1. The highest BCUT2D eigenvalue weighted by Crippen LogP contribution is 2.15. The van der Waals surface area contributed by atoms with E-state index in [9.17, 15) is 4.79 Å². The van der Waals surface area contributed by atoms with Crippen LogP contribution in [0.2, 0.25) is 0 Å². The third-order valence-electron chi connectivity index (χ3n) is 2.53. The number of ether oxygens (including phenoxy) is 1. The van der Waals surface area contributed by atoms with Gasteiger partial charge < -0.3 is 4.74 Å². The van der Waals surface area contributed by atoms with E-state index in [4.69, 9.17) is 4.74 Å². The van der Waals surface area contributed by atoms with E-state index in [0.717, 1.165) is 18.5 Å². The molecule has 0 fully saturated rings. The molecule has 0 saturated carbocycles. The van der Waals surface area contributed by atoms with Gasteiger partial charge in [-0.1, -0.05) is 13.3 Å². The molecule has 0 aliphatic rings. The number of esters is 1. The Bertz CT molecular complexity index is 327. The zero-order valence-corrected chi connectivity index (χ0v) is 10.8. The summed E-state index contributed by atoms with van der Waals surface area (Å²) in [5.41, 5.74) is 2.12. The first kappa shape index (κ1) is 13.1. The Balaban J connectivity index is 2.60. The molecule has 1 aromatic rings. The Kier molecular flexibility index (Phi) is 4.89. The monoisotopic (exact) mass is 242 g/mol. The molecular weight excluding hydrogens is 224 g/mol. The average Bonchev–Trinajstić information content (AvgIpc) is 2.78. The molecule has 0 spiro atoms. The van der Waals surface area contributed by atoms with Crippen LogP contribution in [-0.2, 0) is 16.1 Å². The molecule has 1 rings (SSSR count). The van der Waals surface area contributed by atoms with Crippen LogP contribution in [-0.4, -0.2) is 23.6 Å². The molecule has 1 heterocycles. The first-order chi connectivity index (χ1) is 7.62. The van der Waals surface area contributed by atoms with Crippen molar-refractivity contribution >= 4 is 17.3 Å². The predicted molar refractivity (Wildman–Crippen MR) is 64.3 cm³/mol. The Morgan fingerprint density at radius 2 is 2.44 bits per heavy atom. The molecule has 90 valence electrons. The van der Waals surface area contributed by atoms with E-state index in [0.29, 0.717) is 6.54 Å². The Morgan fingerprint density at radius 1 is 1.69 bits per heavy atom. The van der Waals surface area contributed by atoms with Crippen molar-refractivity contribution in [1.29, 1.82) is 0 Å². The van der Waals surface area contributed by atoms with Crippen molar-refractivity contribution in [3.05, 3.63) is 16.6 Å². The Labute approximate surface area is 100 Å². The highest BCUT2D eigenvalue weighted by molar-refractivity contribution is 7.07. The van der Waals surface area contributed by atoms with E-state index in [1.54, 1.807) is 16.8 Å². The standard InChI is InChI=1S/C11H18N2O2S/c1-4-5-11(2,10(14)15-3)13-6-9-7-16-8-12-9/h7-8,13H,4-6H2,1-3H3. The molecule has 0 aliphatic carbocycles. The highest BCUT2D eigenvalue weighted by Gasteiger charge is 2.32. The molecule has 0 amide bonds. The molecular formula is C11H18N2O2S. The summed E-state index contributed by atoms with van der Waals surface area (Å²) in [4.78, 5) is 15.8. The second-order valence-electron chi connectivity index (χ2n) is 3.91. The van der Waals surface area contributed by atoms with Crippen LogP contribution in [0.15, 0.2) is 10.9 Å². The lowest BCUT2D eigenvalue weighted by atomic mass is 9.96. The van der Waals surface area contributed by atoms with Gasteiger partial charge in [-0.2, -0.15) is 0 Å². The van der Waals surface area contributed by atoms with Crippen molar-refractivity contribution in [3.63, 3.8) is 0 Å². The minimum Gasteiger partial charge on any atom is -0.468 e. The molecule has 0 bridgehead atoms. The molecule has 1 unspecified atom stereocenters. The summed E-state index contributed by atoms with van der Waals surface area (Å²) in [6.07, 6.45) is 1.68. The molecule has 1 N–H and O–H groups in total. The van der Waals surface area contributed by atoms with Gasteiger partial charge >= 0.3 is 5.97 Å². The van der Waals surface area contributed by atoms with Crippen molar-refractivity contribution in [1.82, 2.24) is 10.3 Å². The Hall–Kier alpha value is -0.940. The Morgan fingerprint density at radius 3 is 2.94 bits per heavy atom. The maximum absolute atomic E-state index is 11.7. The summed E-state index contributed by atoms with van der Waals surface area (Å²) in [5, 5.41) is 5.19. The van der Waals surface area contributed by atoms with Crippen LogP contribution in [0.25, 0.3) is 0 Å². The van der Waals surface area contributed by atoms with Crippen LogP contribution in [0, 0.1) is 0 Å². The molecule has 0 aliphatic heterocycles. The molecule has 1 aromatic heterocycles. The van der Waals surface area contributed by atoms with Gasteiger partial charge in [0, 0.05) is 11.9 Å². The number of carbonyl (C=O) groups excluding carboxylic acids is 1. The lowest BCUT2D eigenvalue weighted by molar-refractivity contribution is -0.148. The average molecular weight is 242 g/mol. The molecule has 0 radical (unpaired) electrons. The van der Waals surface area contributed by atoms with Gasteiger partial charge in [0.15, 0.2) is 0 Å². The van der Waals surface area contributed by atoms with Crippen molar-refractivity contribution < 1.29 is 9.53 Å². The van der Waals surface area contributed by atoms with Crippen molar-refractivity contribution in [2.75, 3.05) is 7.11 Å². The topological polar surface area (TPSA) is 51.2 Å². The van der Waals surface area contributed by atoms with Crippen LogP contribution < -0.4 is 5.32 Å². The molecule has 0 saturated heterocycles. The summed E-state index contributed by atoms with van der Waals surface area (Å²) in [6.45, 7) is 4.51. The minimum atomic E-state index is -0.618. The summed E-state index contributed by atoms with van der Waals surface area (Å²) in [5.74, 6) is -0.218. The van der Waals surface area contributed by atoms with Crippen molar-refractivity contribution in [3.8, 4) is 0 Å². The zero-order chi connectivity index (χ0) is 12.0. The number of rotatable bonds is 6. The van der Waals surface area contributed by atoms with E-state index in [2.05, 4.69) is 10.3 Å². The van der Waals surface area contributed by atoms with Crippen molar-refractivity contribution in [2.45, 2.75) is 38.8 Å². The van der Waals surface area contributed by atoms with Crippen LogP contribution in [0.4, 0.5) is 0 Å². The summed E-state index contributed by atoms with van der Waals surface area (Å²) in [6, 6.07) is 0. The van der Waals surface area contributed by atoms with Gasteiger partial charge in [-0.15, -0.1) is 11.3 Å². The fourth-order valence-electron chi connectivity index (χ4n) is 1.60. The van der Waals surface area contributed by atoms with E-state index in [1.165, 1.54) is 7.11 Å². The maximum atomic E-state index is 11.7. The number of nitrogens with zero attached hydrogens (tertiary/aromatic N) is 1. The largest absolute Gasteiger partial charge is 0.468 e. The van der Waals surface area contributed by atoms with Gasteiger partial charge in [0.2, 0.25) is 0 Å². The van der Waals surface area contributed by atoms with Gasteiger partial charge in [-0.25, -0.2) is 4.98 Å². The second-order valence-corrected chi connectivity index (χ2v) is 4.63. The zero-order valence-electron chi connectivity index (χ0n) is 9.95. The quantitative estimate of drug-likeness (QED) is 0.775. The van der Waals surface area contributed by atoms with Gasteiger partial charge in [0.1, 0.15) is 5.54 Å². The van der Waals surface area contributed by atoms with E-state index < -0.39 is 5.54 Å². The van der Waals surface area contributed by atoms with Gasteiger partial charge in [0.25, 0.3) is 0 Å². The molecule has 16 heavy (non-hydrogen) atoms. The number of aromatic nitrogens is 1. The highest BCUT2D eigenvalue weighted by atomic mass is 32.1. The fraction of sp³-hybridized carbons (Fsp3) is 0.636. The lowest BCUT2D eigenvalue weighted by Crippen LogP contribution is -2.49. The van der Waals surface area contributed by atoms with E-state index in [1.807, 2.05) is 19.2 Å². The SMILES string of the molecule is CCCC(C)(NCc1cscn1)C(=O)OC. The summed E-state index contributed by atoms with van der Waals surface area (Å²) in [7, 11) is 1.42. The van der Waals surface area contributed by atoms with Gasteiger partial charge in [-0.3, -0.25) is 10.1 Å². The normalized spacial score (nSPS) is 14.4. The van der Waals surface area contributed by atoms with Crippen LogP contribution in [0.3, 0.4) is 0 Å². The van der Waals surface area contributed by atoms with E-state index >= 15 is 0 Å². The van der Waals surface area contributed by atoms with Crippen LogP contribution >= 0.6 is 11.3 Å². The van der Waals surface area contributed by atoms with Gasteiger partial charge in [0.05, 0.1) is 18.3 Å². The number of hydrogen-bond donors (Lipinski definition) is 1. The maximum Gasteiger partial charge on any atom is 0.325 e. The van der Waals surface area contributed by atoms with Gasteiger partial charge in [-0.05, 0) is 13.3 Å². The molecule has 4 nitrogen and oxygen atoms in total. The smallest absolute Gasteiger partial charge is 0.325 e. The number of methoxy groups -OCH3 is 1. The number of hydrogen-bond acceptors (Lipinski definition) is 5. The van der Waals surface area contributed by atoms with Crippen molar-refractivity contribution in [2.24, 2.45) is 0 Å². The first-order valence-electron chi connectivity index (χ1n) is 5.33. The van der Waals surface area contributed by atoms with Crippen LogP contribution in [0.1, 0.15) is 32.4 Å². The molecule has 1 atom stereocenters.